The van der Waals surface area contributed by atoms with Gasteiger partial charge in [0.2, 0.25) is 0 Å². The fourth-order valence-corrected chi connectivity index (χ4v) is 8.22. The third-order valence-corrected chi connectivity index (χ3v) is 11.6. The van der Waals surface area contributed by atoms with Crippen LogP contribution in [-0.4, -0.2) is 25.3 Å². The number of carbonyl (C=O) groups is 2. The molecular weight excluding hydrogens is 801 g/mol. The number of carbonyl (C=O) groups excluding carboxylic acids is 2. The van der Waals surface area contributed by atoms with Crippen molar-refractivity contribution < 1.29 is 28.5 Å². The van der Waals surface area contributed by atoms with Gasteiger partial charge >= 0.3 is 0 Å². The molecular formula is C54H48N4O6. The summed E-state index contributed by atoms with van der Waals surface area (Å²) >= 11 is 0. The van der Waals surface area contributed by atoms with E-state index in [9.17, 15) is 9.59 Å². The van der Waals surface area contributed by atoms with Gasteiger partial charge in [0.05, 0.1) is 0 Å². The monoisotopic (exact) mass is 848 g/mol. The van der Waals surface area contributed by atoms with Crippen molar-refractivity contribution in [3.63, 3.8) is 0 Å². The first-order chi connectivity index (χ1) is 31.0. The number of rotatable bonds is 11. The largest absolute Gasteiger partial charge is 0.473 e. The minimum atomic E-state index is -0.119. The Bertz CT molecular complexity index is 2840. The quantitative estimate of drug-likeness (QED) is 0.0960. The van der Waals surface area contributed by atoms with Gasteiger partial charge in [0.25, 0.3) is 11.8 Å². The van der Waals surface area contributed by atoms with Gasteiger partial charge < -0.3 is 28.7 Å². The topological polar surface area (TPSA) is 84.0 Å². The van der Waals surface area contributed by atoms with Crippen molar-refractivity contribution in [2.45, 2.75) is 39.8 Å². The van der Waals surface area contributed by atoms with Crippen molar-refractivity contribution in [1.29, 1.82) is 0 Å². The lowest BCUT2D eigenvalue weighted by Crippen LogP contribution is -2.32. The van der Waals surface area contributed by atoms with E-state index in [0.717, 1.165) is 67.9 Å². The van der Waals surface area contributed by atoms with Crippen molar-refractivity contribution in [3.8, 4) is 34.5 Å². The highest BCUT2D eigenvalue weighted by molar-refractivity contribution is 6.11. The number of benzene rings is 5. The summed E-state index contributed by atoms with van der Waals surface area (Å²) in [7, 11) is 0. The molecule has 0 aliphatic carbocycles. The molecule has 0 aromatic heterocycles. The Labute approximate surface area is 373 Å². The molecule has 4 heterocycles. The van der Waals surface area contributed by atoms with E-state index in [1.165, 1.54) is 0 Å². The molecule has 5 aromatic carbocycles. The number of ether oxygens (including phenoxy) is 4. The van der Waals surface area contributed by atoms with E-state index in [0.29, 0.717) is 73.5 Å². The number of allylic oxidation sites excluding steroid dienone is 8. The van der Waals surface area contributed by atoms with E-state index in [4.69, 9.17) is 18.9 Å². The van der Waals surface area contributed by atoms with Crippen LogP contribution in [0.3, 0.4) is 0 Å². The maximum atomic E-state index is 12.8. The van der Waals surface area contributed by atoms with Crippen LogP contribution in [0.15, 0.2) is 182 Å². The summed E-state index contributed by atoms with van der Waals surface area (Å²) in [5.41, 5.74) is 9.83. The standard InChI is InChI=1S/C54H48N4O6/c1-7-8-9-10-11-35(2)49-30-48(63-46-18-12-42(13-19-46)55-31-40-28-44(16-23-50(40)61-33-55)57-38(5)26-36(3)53(57)59)22-25-52(49)64-47-20-14-43(15-21-47)56-32-41-29-45(17-24-51(41)62-34-56)58-39(6)27-37(4)54(58)60/h7-25,28-30H,3-6,26-27,31-34H2,1-2H3/b8-7-,10-9-,35-11+. The maximum absolute atomic E-state index is 12.8. The molecule has 10 heteroatoms. The Morgan fingerprint density at radius 3 is 1.55 bits per heavy atom. The lowest BCUT2D eigenvalue weighted by Gasteiger charge is -2.31. The molecule has 64 heavy (non-hydrogen) atoms. The molecule has 4 aliphatic heterocycles. The summed E-state index contributed by atoms with van der Waals surface area (Å²) in [6.45, 7) is 22.0. The van der Waals surface area contributed by atoms with Gasteiger partial charge in [-0.25, -0.2) is 0 Å². The SMILES string of the molecule is C=C1CC(=C)N(c2ccc3c(c2)CN(c2ccc(Oc4ccc(Oc5ccc(N6COc7ccc(N8C(=C)CC(=C)C8=O)cc7C6)cc5)c(/C(C)=C/C=C\C=C/C)c4)cc2)CO3)C1=O. The smallest absolute Gasteiger partial charge is 0.258 e. The summed E-state index contributed by atoms with van der Waals surface area (Å²) in [5, 5.41) is 0. The van der Waals surface area contributed by atoms with Crippen molar-refractivity contribution in [1.82, 2.24) is 0 Å². The lowest BCUT2D eigenvalue weighted by molar-refractivity contribution is -0.114. The molecule has 0 N–H and O–H groups in total. The Kier molecular flexibility index (Phi) is 11.3. The third-order valence-electron chi connectivity index (χ3n) is 11.6. The van der Waals surface area contributed by atoms with Gasteiger partial charge in [0.15, 0.2) is 13.5 Å². The molecule has 0 saturated carbocycles. The molecule has 4 aliphatic rings. The van der Waals surface area contributed by atoms with Gasteiger partial charge in [0, 0.05) is 87.9 Å². The molecule has 2 saturated heterocycles. The van der Waals surface area contributed by atoms with E-state index >= 15 is 0 Å². The van der Waals surface area contributed by atoms with Crippen LogP contribution in [0.4, 0.5) is 22.7 Å². The summed E-state index contributed by atoms with van der Waals surface area (Å²) in [6.07, 6.45) is 10.9. The second-order valence-electron chi connectivity index (χ2n) is 16.1. The fraction of sp³-hybridized carbons (Fsp3) is 0.148. The van der Waals surface area contributed by atoms with Gasteiger partial charge in [-0.3, -0.25) is 19.4 Å². The van der Waals surface area contributed by atoms with Crippen LogP contribution in [0.5, 0.6) is 34.5 Å². The van der Waals surface area contributed by atoms with Crippen LogP contribution in [-0.2, 0) is 22.7 Å². The average Bonchev–Trinajstić information content (AvgIpc) is 3.72. The third kappa shape index (κ3) is 8.33. The number of fused-ring (bicyclic) bond motifs is 2. The Balaban J connectivity index is 0.885. The highest BCUT2D eigenvalue weighted by atomic mass is 16.5. The Hall–Kier alpha value is -7.98. The van der Waals surface area contributed by atoms with Crippen molar-refractivity contribution in [3.05, 3.63) is 199 Å². The minimum Gasteiger partial charge on any atom is -0.473 e. The van der Waals surface area contributed by atoms with Crippen LogP contribution < -0.4 is 38.5 Å². The van der Waals surface area contributed by atoms with Gasteiger partial charge in [-0.05, 0) is 123 Å². The molecule has 2 fully saturated rings. The van der Waals surface area contributed by atoms with Crippen molar-refractivity contribution in [2.75, 3.05) is 33.1 Å². The summed E-state index contributed by atoms with van der Waals surface area (Å²) < 4.78 is 25.2. The molecule has 0 spiro atoms. The normalized spacial score (nSPS) is 16.5. The molecule has 0 bridgehead atoms. The van der Waals surface area contributed by atoms with Crippen LogP contribution in [0.1, 0.15) is 43.4 Å². The number of anilines is 4. The Morgan fingerprint density at radius 2 is 1.06 bits per heavy atom. The van der Waals surface area contributed by atoms with Crippen molar-refractivity contribution in [2.24, 2.45) is 0 Å². The van der Waals surface area contributed by atoms with E-state index in [2.05, 4.69) is 36.1 Å². The number of hydrogen-bond acceptors (Lipinski definition) is 8. The van der Waals surface area contributed by atoms with Gasteiger partial charge in [-0.1, -0.05) is 56.7 Å². The van der Waals surface area contributed by atoms with E-state index < -0.39 is 0 Å². The average molecular weight is 849 g/mol. The molecule has 10 nitrogen and oxygen atoms in total. The van der Waals surface area contributed by atoms with Crippen LogP contribution >= 0.6 is 0 Å². The van der Waals surface area contributed by atoms with E-state index in [-0.39, 0.29) is 11.8 Å². The zero-order valence-electron chi connectivity index (χ0n) is 36.0. The first-order valence-electron chi connectivity index (χ1n) is 21.1. The predicted molar refractivity (Wildman–Crippen MR) is 254 cm³/mol. The first kappa shape index (κ1) is 41.4. The lowest BCUT2D eigenvalue weighted by atomic mass is 10.1. The summed E-state index contributed by atoms with van der Waals surface area (Å²) in [6, 6.07) is 33.3. The molecule has 0 atom stereocenters. The van der Waals surface area contributed by atoms with E-state index in [1.807, 2.05) is 147 Å². The number of hydrogen-bond donors (Lipinski definition) is 0. The minimum absolute atomic E-state index is 0.118. The van der Waals surface area contributed by atoms with Crippen LogP contribution in [0.2, 0.25) is 0 Å². The van der Waals surface area contributed by atoms with Gasteiger partial charge in [0.1, 0.15) is 34.5 Å². The highest BCUT2D eigenvalue weighted by Crippen LogP contribution is 2.40. The number of nitrogens with zero attached hydrogens (tertiary/aromatic N) is 4. The summed E-state index contributed by atoms with van der Waals surface area (Å²) in [4.78, 5) is 33.1. The fourth-order valence-electron chi connectivity index (χ4n) is 8.22. The molecule has 2 amide bonds. The van der Waals surface area contributed by atoms with Gasteiger partial charge in [-0.15, -0.1) is 0 Å². The molecule has 5 aromatic rings. The summed E-state index contributed by atoms with van der Waals surface area (Å²) in [5.74, 6) is 4.06. The van der Waals surface area contributed by atoms with Gasteiger partial charge in [-0.2, -0.15) is 0 Å². The highest BCUT2D eigenvalue weighted by Gasteiger charge is 2.32. The zero-order valence-corrected chi connectivity index (χ0v) is 36.0. The molecule has 320 valence electrons. The van der Waals surface area contributed by atoms with E-state index in [1.54, 1.807) is 9.80 Å². The number of amides is 2. The van der Waals surface area contributed by atoms with Crippen LogP contribution in [0, 0.1) is 0 Å². The molecule has 0 unspecified atom stereocenters. The van der Waals surface area contributed by atoms with Crippen molar-refractivity contribution >= 4 is 40.1 Å². The maximum Gasteiger partial charge on any atom is 0.258 e. The second kappa shape index (κ2) is 17.4. The Morgan fingerprint density at radius 1 is 0.578 bits per heavy atom. The first-order valence-corrected chi connectivity index (χ1v) is 21.1. The zero-order chi connectivity index (χ0) is 44.5. The second-order valence-corrected chi connectivity index (χ2v) is 16.1. The molecule has 9 rings (SSSR count). The molecule has 0 radical (unpaired) electrons. The van der Waals surface area contributed by atoms with Crippen LogP contribution in [0.25, 0.3) is 5.57 Å². The predicted octanol–water partition coefficient (Wildman–Crippen LogP) is 12.1.